The summed E-state index contributed by atoms with van der Waals surface area (Å²) in [5.74, 6) is 1.64. The zero-order valence-electron chi connectivity index (χ0n) is 11.5. The van der Waals surface area contributed by atoms with Crippen molar-refractivity contribution in [3.05, 3.63) is 17.6 Å². The Morgan fingerprint density at radius 1 is 1.33 bits per heavy atom. The molecule has 1 aromatic rings. The molecule has 0 bridgehead atoms. The molecule has 18 heavy (non-hydrogen) atoms. The van der Waals surface area contributed by atoms with Crippen molar-refractivity contribution in [3.63, 3.8) is 0 Å². The lowest BCUT2D eigenvalue weighted by atomic mass is 9.96. The van der Waals surface area contributed by atoms with Gasteiger partial charge in [-0.3, -0.25) is 0 Å². The molecule has 1 aliphatic carbocycles. The third kappa shape index (κ3) is 2.80. The van der Waals surface area contributed by atoms with Gasteiger partial charge in [0.1, 0.15) is 12.1 Å². The quantitative estimate of drug-likeness (QED) is 0.863. The molecule has 0 aromatic carbocycles. The molecule has 1 heterocycles. The van der Waals surface area contributed by atoms with Crippen LogP contribution in [0.1, 0.15) is 37.9 Å². The maximum Gasteiger partial charge on any atom is 0.135 e. The molecule has 1 unspecified atom stereocenters. The lowest BCUT2D eigenvalue weighted by Gasteiger charge is -2.28. The third-order valence-electron chi connectivity index (χ3n) is 3.72. The summed E-state index contributed by atoms with van der Waals surface area (Å²) in [6.07, 6.45) is 6.47. The van der Waals surface area contributed by atoms with Crippen molar-refractivity contribution >= 4 is 5.82 Å². The van der Waals surface area contributed by atoms with E-state index in [1.54, 1.807) is 6.33 Å². The van der Waals surface area contributed by atoms with Gasteiger partial charge in [-0.05, 0) is 45.1 Å². The van der Waals surface area contributed by atoms with Gasteiger partial charge in [0.15, 0.2) is 0 Å². The Morgan fingerprint density at radius 3 is 2.83 bits per heavy atom. The highest BCUT2D eigenvalue weighted by Gasteiger charge is 2.19. The monoisotopic (exact) mass is 248 g/mol. The summed E-state index contributed by atoms with van der Waals surface area (Å²) >= 11 is 0. The summed E-state index contributed by atoms with van der Waals surface area (Å²) in [5, 5.41) is 0. The maximum absolute atomic E-state index is 5.73. The Bertz CT molecular complexity index is 391. The highest BCUT2D eigenvalue weighted by molar-refractivity contribution is 5.49. The second kappa shape index (κ2) is 6.14. The van der Waals surface area contributed by atoms with Gasteiger partial charge in [-0.25, -0.2) is 9.97 Å². The van der Waals surface area contributed by atoms with E-state index in [1.165, 1.54) is 24.1 Å². The minimum absolute atomic E-state index is 0.499. The van der Waals surface area contributed by atoms with Crippen LogP contribution in [-0.2, 0) is 12.8 Å². The molecule has 1 aromatic heterocycles. The zero-order chi connectivity index (χ0) is 13.0. The summed E-state index contributed by atoms with van der Waals surface area (Å²) in [6.45, 7) is 7.06. The van der Waals surface area contributed by atoms with Crippen LogP contribution in [0.4, 0.5) is 5.82 Å². The Labute approximate surface area is 110 Å². The smallest absolute Gasteiger partial charge is 0.135 e. The predicted molar refractivity (Wildman–Crippen MR) is 74.8 cm³/mol. The van der Waals surface area contributed by atoms with Crippen LogP contribution in [-0.4, -0.2) is 29.6 Å². The van der Waals surface area contributed by atoms with E-state index in [2.05, 4.69) is 28.7 Å². The molecule has 0 saturated carbocycles. The summed E-state index contributed by atoms with van der Waals surface area (Å²) in [7, 11) is 0. The fourth-order valence-corrected chi connectivity index (χ4v) is 2.59. The van der Waals surface area contributed by atoms with Gasteiger partial charge < -0.3 is 10.6 Å². The van der Waals surface area contributed by atoms with Gasteiger partial charge in [-0.1, -0.05) is 6.92 Å². The molecule has 4 nitrogen and oxygen atoms in total. The standard InChI is InChI=1S/C14H24N4/c1-3-18(9-11(2)8-15)14-12-6-4-5-7-13(12)16-10-17-14/h10-11H,3-9,15H2,1-2H3. The van der Waals surface area contributed by atoms with E-state index in [9.17, 15) is 0 Å². The minimum Gasteiger partial charge on any atom is -0.356 e. The Morgan fingerprint density at radius 2 is 2.11 bits per heavy atom. The van der Waals surface area contributed by atoms with E-state index >= 15 is 0 Å². The van der Waals surface area contributed by atoms with Gasteiger partial charge in [-0.2, -0.15) is 0 Å². The van der Waals surface area contributed by atoms with Crippen molar-refractivity contribution < 1.29 is 0 Å². The second-order valence-electron chi connectivity index (χ2n) is 5.21. The van der Waals surface area contributed by atoms with Crippen LogP contribution < -0.4 is 10.6 Å². The molecular formula is C14H24N4. The van der Waals surface area contributed by atoms with Gasteiger partial charge in [0.2, 0.25) is 0 Å². The van der Waals surface area contributed by atoms with Crippen LogP contribution >= 0.6 is 0 Å². The van der Waals surface area contributed by atoms with Gasteiger partial charge >= 0.3 is 0 Å². The summed E-state index contributed by atoms with van der Waals surface area (Å²) < 4.78 is 0. The van der Waals surface area contributed by atoms with Crippen molar-refractivity contribution in [2.24, 2.45) is 11.7 Å². The summed E-state index contributed by atoms with van der Waals surface area (Å²) in [5.41, 5.74) is 8.36. The van der Waals surface area contributed by atoms with E-state index in [-0.39, 0.29) is 0 Å². The first kappa shape index (κ1) is 13.3. The Kier molecular flexibility index (Phi) is 4.53. The van der Waals surface area contributed by atoms with E-state index in [4.69, 9.17) is 5.73 Å². The Balaban J connectivity index is 2.24. The number of aryl methyl sites for hydroxylation is 1. The van der Waals surface area contributed by atoms with E-state index in [0.29, 0.717) is 5.92 Å². The molecule has 0 saturated heterocycles. The molecule has 2 N–H and O–H groups in total. The first-order valence-corrected chi connectivity index (χ1v) is 7.04. The van der Waals surface area contributed by atoms with Crippen LogP contribution in [0.2, 0.25) is 0 Å². The minimum atomic E-state index is 0.499. The molecule has 0 fully saturated rings. The van der Waals surface area contributed by atoms with E-state index in [0.717, 1.165) is 38.3 Å². The van der Waals surface area contributed by atoms with Crippen molar-refractivity contribution in [3.8, 4) is 0 Å². The maximum atomic E-state index is 5.73. The molecular weight excluding hydrogens is 224 g/mol. The Hall–Kier alpha value is -1.16. The predicted octanol–water partition coefficient (Wildman–Crippen LogP) is 1.78. The highest BCUT2D eigenvalue weighted by Crippen LogP contribution is 2.27. The molecule has 0 aliphatic heterocycles. The number of nitrogens with zero attached hydrogens (tertiary/aromatic N) is 3. The van der Waals surface area contributed by atoms with Crippen molar-refractivity contribution in [2.45, 2.75) is 39.5 Å². The normalized spacial score (nSPS) is 16.2. The van der Waals surface area contributed by atoms with Gasteiger partial charge in [0.25, 0.3) is 0 Å². The summed E-state index contributed by atoms with van der Waals surface area (Å²) in [6, 6.07) is 0. The molecule has 4 heteroatoms. The lowest BCUT2D eigenvalue weighted by Crippen LogP contribution is -2.33. The lowest BCUT2D eigenvalue weighted by molar-refractivity contribution is 0.567. The van der Waals surface area contributed by atoms with Crippen LogP contribution in [0.15, 0.2) is 6.33 Å². The molecule has 0 amide bonds. The van der Waals surface area contributed by atoms with Gasteiger partial charge in [0, 0.05) is 24.3 Å². The zero-order valence-corrected chi connectivity index (χ0v) is 11.5. The fraction of sp³-hybridized carbons (Fsp3) is 0.714. The largest absolute Gasteiger partial charge is 0.356 e. The molecule has 1 aliphatic rings. The van der Waals surface area contributed by atoms with Crippen molar-refractivity contribution in [1.82, 2.24) is 9.97 Å². The number of rotatable bonds is 5. The number of hydrogen-bond donors (Lipinski definition) is 1. The topological polar surface area (TPSA) is 55.0 Å². The van der Waals surface area contributed by atoms with Crippen LogP contribution in [0.5, 0.6) is 0 Å². The number of nitrogens with two attached hydrogens (primary N) is 1. The number of aromatic nitrogens is 2. The van der Waals surface area contributed by atoms with Crippen LogP contribution in [0.3, 0.4) is 0 Å². The molecule has 0 spiro atoms. The average Bonchev–Trinajstić information content (AvgIpc) is 2.44. The van der Waals surface area contributed by atoms with Gasteiger partial charge in [0.05, 0.1) is 0 Å². The second-order valence-corrected chi connectivity index (χ2v) is 5.21. The van der Waals surface area contributed by atoms with E-state index < -0.39 is 0 Å². The molecule has 100 valence electrons. The molecule has 1 atom stereocenters. The number of fused-ring (bicyclic) bond motifs is 1. The highest BCUT2D eigenvalue weighted by atomic mass is 15.2. The van der Waals surface area contributed by atoms with Crippen molar-refractivity contribution in [2.75, 3.05) is 24.5 Å². The fourth-order valence-electron chi connectivity index (χ4n) is 2.59. The third-order valence-corrected chi connectivity index (χ3v) is 3.72. The first-order chi connectivity index (χ1) is 8.76. The SMILES string of the molecule is CCN(CC(C)CN)c1ncnc2c1CCCC2. The number of hydrogen-bond acceptors (Lipinski definition) is 4. The average molecular weight is 248 g/mol. The van der Waals surface area contributed by atoms with E-state index in [1.807, 2.05) is 0 Å². The molecule has 0 radical (unpaired) electrons. The van der Waals surface area contributed by atoms with Crippen LogP contribution in [0.25, 0.3) is 0 Å². The van der Waals surface area contributed by atoms with Crippen LogP contribution in [0, 0.1) is 5.92 Å². The summed E-state index contributed by atoms with van der Waals surface area (Å²) in [4.78, 5) is 11.3. The molecule has 2 rings (SSSR count). The van der Waals surface area contributed by atoms with Crippen molar-refractivity contribution in [1.29, 1.82) is 0 Å². The number of anilines is 1. The van der Waals surface area contributed by atoms with Gasteiger partial charge in [-0.15, -0.1) is 0 Å². The first-order valence-electron chi connectivity index (χ1n) is 7.04.